The predicted octanol–water partition coefficient (Wildman–Crippen LogP) is 2.43. The highest BCUT2D eigenvalue weighted by Gasteiger charge is 2.34. The van der Waals surface area contributed by atoms with Crippen LogP contribution in [-0.4, -0.2) is 11.9 Å². The van der Waals surface area contributed by atoms with Gasteiger partial charge in [0.2, 0.25) is 5.91 Å². The fourth-order valence-corrected chi connectivity index (χ4v) is 2.27. The molecule has 2 heteroatoms. The normalized spacial score (nSPS) is 24.6. The molecule has 0 aliphatic carbocycles. The molecule has 2 nitrogen and oxygen atoms in total. The highest BCUT2D eigenvalue weighted by atomic mass is 16.2. The molecule has 1 aromatic carbocycles. The topological polar surface area (TPSA) is 20.3 Å². The van der Waals surface area contributed by atoms with Crippen LogP contribution in [0, 0.1) is 18.3 Å². The van der Waals surface area contributed by atoms with E-state index in [0.29, 0.717) is 0 Å². The lowest BCUT2D eigenvalue weighted by Gasteiger charge is -2.21. The van der Waals surface area contributed by atoms with Crippen LogP contribution in [-0.2, 0) is 4.79 Å². The minimum absolute atomic E-state index is 0.127. The molecule has 1 saturated heterocycles. The minimum atomic E-state index is 0.127. The molecule has 0 aromatic heterocycles. The summed E-state index contributed by atoms with van der Waals surface area (Å²) in [4.78, 5) is 13.8. The van der Waals surface area contributed by atoms with E-state index in [2.05, 4.69) is 12.8 Å². The van der Waals surface area contributed by atoms with Crippen LogP contribution < -0.4 is 4.90 Å². The van der Waals surface area contributed by atoms with Gasteiger partial charge in [-0.2, -0.15) is 0 Å². The number of hydrogen-bond acceptors (Lipinski definition) is 1. The van der Waals surface area contributed by atoms with Crippen molar-refractivity contribution in [2.24, 2.45) is 5.92 Å². The van der Waals surface area contributed by atoms with Gasteiger partial charge in [0, 0.05) is 23.2 Å². The van der Waals surface area contributed by atoms with E-state index < -0.39 is 0 Å². The van der Waals surface area contributed by atoms with Gasteiger partial charge in [-0.25, -0.2) is 0 Å². The number of terminal acetylenes is 1. The largest absolute Gasteiger partial charge is 0.309 e. The van der Waals surface area contributed by atoms with Gasteiger partial charge in [0.05, 0.1) is 0 Å². The summed E-state index contributed by atoms with van der Waals surface area (Å²) in [6, 6.07) is 7.86. The number of carbonyl (C=O) groups is 1. The van der Waals surface area contributed by atoms with Crippen LogP contribution in [0.3, 0.4) is 0 Å². The fourth-order valence-electron chi connectivity index (χ4n) is 2.27. The van der Waals surface area contributed by atoms with Crippen molar-refractivity contribution in [3.8, 4) is 12.3 Å². The molecule has 0 spiro atoms. The molecule has 2 rings (SSSR count). The number of benzene rings is 1. The minimum Gasteiger partial charge on any atom is -0.309 e. The van der Waals surface area contributed by atoms with E-state index in [-0.39, 0.29) is 17.9 Å². The van der Waals surface area contributed by atoms with Crippen molar-refractivity contribution in [1.82, 2.24) is 0 Å². The maximum atomic E-state index is 12.0. The summed E-state index contributed by atoms with van der Waals surface area (Å²) >= 11 is 0. The van der Waals surface area contributed by atoms with Gasteiger partial charge in [-0.15, -0.1) is 6.42 Å². The molecule has 2 atom stereocenters. The lowest BCUT2D eigenvalue weighted by atomic mass is 10.1. The summed E-state index contributed by atoms with van der Waals surface area (Å²) in [5, 5.41) is 0. The molecular formula is C14H15NO. The van der Waals surface area contributed by atoms with Crippen LogP contribution in [0.2, 0.25) is 0 Å². The third-order valence-electron chi connectivity index (χ3n) is 3.11. The molecule has 1 fully saturated rings. The van der Waals surface area contributed by atoms with E-state index in [1.54, 1.807) is 0 Å². The second-order valence-corrected chi connectivity index (χ2v) is 4.39. The maximum absolute atomic E-state index is 12.0. The van der Waals surface area contributed by atoms with Crippen molar-refractivity contribution < 1.29 is 4.79 Å². The van der Waals surface area contributed by atoms with E-state index in [9.17, 15) is 4.79 Å². The molecular weight excluding hydrogens is 198 g/mol. The zero-order chi connectivity index (χ0) is 11.7. The zero-order valence-corrected chi connectivity index (χ0v) is 9.60. The second-order valence-electron chi connectivity index (χ2n) is 4.39. The predicted molar refractivity (Wildman–Crippen MR) is 65.1 cm³/mol. The van der Waals surface area contributed by atoms with Crippen molar-refractivity contribution in [2.75, 3.05) is 4.90 Å². The van der Waals surface area contributed by atoms with Gasteiger partial charge in [0.1, 0.15) is 0 Å². The first kappa shape index (κ1) is 10.8. The van der Waals surface area contributed by atoms with E-state index in [1.165, 1.54) is 0 Å². The van der Waals surface area contributed by atoms with Crippen LogP contribution in [0.4, 0.5) is 5.69 Å². The molecule has 1 amide bonds. The molecule has 16 heavy (non-hydrogen) atoms. The Hall–Kier alpha value is -1.75. The van der Waals surface area contributed by atoms with Gasteiger partial charge >= 0.3 is 0 Å². The fraction of sp³-hybridized carbons (Fsp3) is 0.357. The van der Waals surface area contributed by atoms with Gasteiger partial charge < -0.3 is 4.90 Å². The van der Waals surface area contributed by atoms with Gasteiger partial charge in [-0.05, 0) is 37.6 Å². The highest BCUT2D eigenvalue weighted by molar-refractivity contribution is 5.97. The standard InChI is InChI=1S/C14H15NO/c1-4-12-5-7-13(8-6-12)15-11(3)9-10(2)14(15)16/h1,5-8,10-11H,9H2,2-3H3. The summed E-state index contributed by atoms with van der Waals surface area (Å²) in [6.45, 7) is 4.06. The van der Waals surface area contributed by atoms with Gasteiger partial charge in [-0.3, -0.25) is 4.79 Å². The summed E-state index contributed by atoms with van der Waals surface area (Å²) in [6.07, 6.45) is 6.23. The maximum Gasteiger partial charge on any atom is 0.230 e. The first-order chi connectivity index (χ1) is 7.63. The average molecular weight is 213 g/mol. The molecule has 1 aromatic rings. The van der Waals surface area contributed by atoms with Crippen LogP contribution >= 0.6 is 0 Å². The first-order valence-corrected chi connectivity index (χ1v) is 5.53. The highest BCUT2D eigenvalue weighted by Crippen LogP contribution is 2.29. The molecule has 1 heterocycles. The second kappa shape index (κ2) is 4.02. The number of hydrogen-bond donors (Lipinski definition) is 0. The molecule has 2 unspecified atom stereocenters. The van der Waals surface area contributed by atoms with Crippen LogP contribution in [0.5, 0.6) is 0 Å². The Kier molecular flexibility index (Phi) is 2.70. The Labute approximate surface area is 96.3 Å². The molecule has 1 aliphatic heterocycles. The third kappa shape index (κ3) is 1.69. The lowest BCUT2D eigenvalue weighted by Crippen LogP contribution is -2.31. The summed E-state index contributed by atoms with van der Waals surface area (Å²) < 4.78 is 0. The quantitative estimate of drug-likeness (QED) is 0.656. The van der Waals surface area contributed by atoms with E-state index in [0.717, 1.165) is 17.7 Å². The van der Waals surface area contributed by atoms with Crippen molar-refractivity contribution in [1.29, 1.82) is 0 Å². The van der Waals surface area contributed by atoms with E-state index in [1.807, 2.05) is 36.1 Å². The van der Waals surface area contributed by atoms with Gasteiger partial charge in [0.15, 0.2) is 0 Å². The number of carbonyl (C=O) groups excluding carboxylic acids is 1. The first-order valence-electron chi connectivity index (χ1n) is 5.53. The van der Waals surface area contributed by atoms with Crippen LogP contribution in [0.25, 0.3) is 0 Å². The Morgan fingerprint density at radius 3 is 2.38 bits per heavy atom. The number of amides is 1. The summed E-state index contributed by atoms with van der Waals surface area (Å²) in [5.74, 6) is 2.91. The van der Waals surface area contributed by atoms with E-state index in [4.69, 9.17) is 6.42 Å². The molecule has 0 bridgehead atoms. The summed E-state index contributed by atoms with van der Waals surface area (Å²) in [7, 11) is 0. The Balaban J connectivity index is 2.30. The van der Waals surface area contributed by atoms with Crippen molar-refractivity contribution in [3.63, 3.8) is 0 Å². The zero-order valence-electron chi connectivity index (χ0n) is 9.60. The summed E-state index contributed by atoms with van der Waals surface area (Å²) in [5.41, 5.74) is 1.79. The average Bonchev–Trinajstić information content (AvgIpc) is 2.54. The molecule has 0 radical (unpaired) electrons. The van der Waals surface area contributed by atoms with E-state index >= 15 is 0 Å². The Morgan fingerprint density at radius 1 is 1.31 bits per heavy atom. The number of rotatable bonds is 1. The molecule has 1 aliphatic rings. The SMILES string of the molecule is C#Cc1ccc(N2C(=O)C(C)CC2C)cc1. The van der Waals surface area contributed by atoms with Crippen molar-refractivity contribution in [2.45, 2.75) is 26.3 Å². The van der Waals surface area contributed by atoms with Gasteiger partial charge in [0.25, 0.3) is 0 Å². The molecule has 82 valence electrons. The van der Waals surface area contributed by atoms with Crippen molar-refractivity contribution in [3.05, 3.63) is 29.8 Å². The molecule has 0 saturated carbocycles. The Bertz CT molecular complexity index is 441. The number of anilines is 1. The van der Waals surface area contributed by atoms with Gasteiger partial charge in [-0.1, -0.05) is 12.8 Å². The monoisotopic (exact) mass is 213 g/mol. The number of nitrogens with zero attached hydrogens (tertiary/aromatic N) is 1. The Morgan fingerprint density at radius 2 is 1.94 bits per heavy atom. The smallest absolute Gasteiger partial charge is 0.230 e. The van der Waals surface area contributed by atoms with Crippen molar-refractivity contribution >= 4 is 11.6 Å². The van der Waals surface area contributed by atoms with Crippen LogP contribution in [0.1, 0.15) is 25.8 Å². The molecule has 0 N–H and O–H groups in total. The third-order valence-corrected chi connectivity index (χ3v) is 3.11. The lowest BCUT2D eigenvalue weighted by molar-refractivity contribution is -0.119. The van der Waals surface area contributed by atoms with Crippen LogP contribution in [0.15, 0.2) is 24.3 Å².